The van der Waals surface area contributed by atoms with Crippen molar-refractivity contribution in [2.24, 2.45) is 0 Å². The summed E-state index contributed by atoms with van der Waals surface area (Å²) in [5.74, 6) is -2.42. The van der Waals surface area contributed by atoms with E-state index in [4.69, 9.17) is 10.00 Å². The van der Waals surface area contributed by atoms with Crippen LogP contribution >= 0.6 is 0 Å². The highest BCUT2D eigenvalue weighted by Gasteiger charge is 2.06. The fourth-order valence-electron chi connectivity index (χ4n) is 1.54. The minimum absolute atomic E-state index is 0.0591. The second-order valence-corrected chi connectivity index (χ2v) is 4.10. The molecule has 21 heavy (non-hydrogen) atoms. The largest absolute Gasteiger partial charge is 0.484 e. The molecule has 106 valence electrons. The van der Waals surface area contributed by atoms with Gasteiger partial charge in [0.2, 0.25) is 0 Å². The number of amides is 1. The molecule has 4 nitrogen and oxygen atoms in total. The van der Waals surface area contributed by atoms with Crippen LogP contribution in [0.1, 0.15) is 5.56 Å². The Morgan fingerprint density at radius 3 is 2.48 bits per heavy atom. The van der Waals surface area contributed by atoms with Crippen LogP contribution in [0.15, 0.2) is 42.5 Å². The molecule has 1 N–H and O–H groups in total. The van der Waals surface area contributed by atoms with Gasteiger partial charge in [0, 0.05) is 11.8 Å². The molecule has 2 rings (SSSR count). The van der Waals surface area contributed by atoms with Crippen LogP contribution in [0.2, 0.25) is 0 Å². The molecule has 0 bridgehead atoms. The number of hydrogen-bond acceptors (Lipinski definition) is 3. The zero-order valence-electron chi connectivity index (χ0n) is 10.8. The number of anilines is 1. The predicted molar refractivity (Wildman–Crippen MR) is 71.6 cm³/mol. The number of ether oxygens (including phenoxy) is 1. The third-order valence-electron chi connectivity index (χ3n) is 2.56. The third-order valence-corrected chi connectivity index (χ3v) is 2.56. The standard InChI is InChI=1S/C15H10F2N2O2/c16-13-6-5-12(7-14(13)17)21-9-15(20)19-11-3-1-10(8-18)2-4-11/h1-7H,9H2,(H,19,20). The molecule has 0 saturated carbocycles. The van der Waals surface area contributed by atoms with Crippen molar-refractivity contribution in [3.05, 3.63) is 59.7 Å². The van der Waals surface area contributed by atoms with Gasteiger partial charge in [0.25, 0.3) is 5.91 Å². The number of hydrogen-bond donors (Lipinski definition) is 1. The third kappa shape index (κ3) is 4.01. The summed E-state index contributed by atoms with van der Waals surface area (Å²) in [7, 11) is 0. The molecule has 2 aromatic rings. The number of halogens is 2. The number of carbonyl (C=O) groups is 1. The van der Waals surface area contributed by atoms with E-state index < -0.39 is 17.5 Å². The Kier molecular flexibility index (Phi) is 4.46. The Morgan fingerprint density at radius 1 is 1.14 bits per heavy atom. The Hall–Kier alpha value is -2.94. The summed E-state index contributed by atoms with van der Waals surface area (Å²) >= 11 is 0. The van der Waals surface area contributed by atoms with Crippen LogP contribution in [0.3, 0.4) is 0 Å². The average Bonchev–Trinajstić information content (AvgIpc) is 2.49. The SMILES string of the molecule is N#Cc1ccc(NC(=O)COc2ccc(F)c(F)c2)cc1. The maximum atomic E-state index is 12.9. The molecule has 2 aromatic carbocycles. The van der Waals surface area contributed by atoms with E-state index in [0.29, 0.717) is 11.3 Å². The molecule has 0 aliphatic carbocycles. The number of nitrogens with one attached hydrogen (secondary N) is 1. The molecule has 0 saturated heterocycles. The summed E-state index contributed by atoms with van der Waals surface area (Å²) in [6.45, 7) is -0.342. The molecular weight excluding hydrogens is 278 g/mol. The topological polar surface area (TPSA) is 62.1 Å². The van der Waals surface area contributed by atoms with Crippen LogP contribution < -0.4 is 10.1 Å². The summed E-state index contributed by atoms with van der Waals surface area (Å²) in [4.78, 5) is 11.6. The molecule has 0 aliphatic rings. The highest BCUT2D eigenvalue weighted by atomic mass is 19.2. The lowest BCUT2D eigenvalue weighted by Crippen LogP contribution is -2.20. The lowest BCUT2D eigenvalue weighted by atomic mass is 10.2. The summed E-state index contributed by atoms with van der Waals surface area (Å²) in [5.41, 5.74) is 0.985. The van der Waals surface area contributed by atoms with E-state index in [-0.39, 0.29) is 12.4 Å². The van der Waals surface area contributed by atoms with Gasteiger partial charge in [-0.05, 0) is 36.4 Å². The van der Waals surface area contributed by atoms with Gasteiger partial charge in [-0.15, -0.1) is 0 Å². The second kappa shape index (κ2) is 6.48. The first-order chi connectivity index (χ1) is 10.1. The van der Waals surface area contributed by atoms with Gasteiger partial charge in [0.05, 0.1) is 11.6 Å². The number of nitriles is 1. The summed E-state index contributed by atoms with van der Waals surface area (Å²) in [6, 6.07) is 11.3. The van der Waals surface area contributed by atoms with Gasteiger partial charge in [0.15, 0.2) is 18.2 Å². The molecule has 6 heteroatoms. The van der Waals surface area contributed by atoms with Crippen molar-refractivity contribution in [1.82, 2.24) is 0 Å². The molecule has 0 spiro atoms. The van der Waals surface area contributed by atoms with Crippen molar-refractivity contribution >= 4 is 11.6 Å². The Labute approximate surface area is 119 Å². The van der Waals surface area contributed by atoms with Crippen LogP contribution in [0.5, 0.6) is 5.75 Å². The van der Waals surface area contributed by atoms with Crippen molar-refractivity contribution in [2.45, 2.75) is 0 Å². The Bertz CT molecular complexity index is 694. The molecule has 0 unspecified atom stereocenters. The molecule has 0 atom stereocenters. The van der Waals surface area contributed by atoms with E-state index in [2.05, 4.69) is 5.32 Å². The molecule has 0 fully saturated rings. The molecular formula is C15H10F2N2O2. The van der Waals surface area contributed by atoms with E-state index in [0.717, 1.165) is 12.1 Å². The van der Waals surface area contributed by atoms with Crippen molar-refractivity contribution in [3.63, 3.8) is 0 Å². The zero-order valence-corrected chi connectivity index (χ0v) is 10.8. The lowest BCUT2D eigenvalue weighted by Gasteiger charge is -2.07. The highest BCUT2D eigenvalue weighted by molar-refractivity contribution is 5.91. The fourth-order valence-corrected chi connectivity index (χ4v) is 1.54. The van der Waals surface area contributed by atoms with Crippen molar-refractivity contribution in [3.8, 4) is 11.8 Å². The number of benzene rings is 2. The summed E-state index contributed by atoms with van der Waals surface area (Å²) < 4.78 is 30.7. The van der Waals surface area contributed by atoms with Gasteiger partial charge in [0.1, 0.15) is 5.75 Å². The number of nitrogens with zero attached hydrogens (tertiary/aromatic N) is 1. The zero-order chi connectivity index (χ0) is 15.2. The predicted octanol–water partition coefficient (Wildman–Crippen LogP) is 2.85. The summed E-state index contributed by atoms with van der Waals surface area (Å²) in [6.07, 6.45) is 0. The van der Waals surface area contributed by atoms with E-state index in [1.54, 1.807) is 24.3 Å². The van der Waals surface area contributed by atoms with Crippen molar-refractivity contribution in [2.75, 3.05) is 11.9 Å². The maximum absolute atomic E-state index is 12.9. The van der Waals surface area contributed by atoms with Gasteiger partial charge in [-0.1, -0.05) is 0 Å². The monoisotopic (exact) mass is 288 g/mol. The van der Waals surface area contributed by atoms with Crippen LogP contribution in [0.4, 0.5) is 14.5 Å². The second-order valence-electron chi connectivity index (χ2n) is 4.10. The van der Waals surface area contributed by atoms with Gasteiger partial charge in [-0.2, -0.15) is 5.26 Å². The van der Waals surface area contributed by atoms with Crippen LogP contribution in [0, 0.1) is 23.0 Å². The highest BCUT2D eigenvalue weighted by Crippen LogP contribution is 2.15. The lowest BCUT2D eigenvalue weighted by molar-refractivity contribution is -0.118. The molecule has 0 aromatic heterocycles. The van der Waals surface area contributed by atoms with Crippen LogP contribution in [-0.2, 0) is 4.79 Å². The van der Waals surface area contributed by atoms with Crippen molar-refractivity contribution < 1.29 is 18.3 Å². The quantitative estimate of drug-likeness (QED) is 0.941. The van der Waals surface area contributed by atoms with E-state index in [9.17, 15) is 13.6 Å². The van der Waals surface area contributed by atoms with Crippen LogP contribution in [-0.4, -0.2) is 12.5 Å². The van der Waals surface area contributed by atoms with E-state index in [1.807, 2.05) is 6.07 Å². The van der Waals surface area contributed by atoms with Gasteiger partial charge < -0.3 is 10.1 Å². The normalized spacial score (nSPS) is 9.76. The number of rotatable bonds is 4. The number of carbonyl (C=O) groups excluding carboxylic acids is 1. The first-order valence-corrected chi connectivity index (χ1v) is 5.96. The summed E-state index contributed by atoms with van der Waals surface area (Å²) in [5, 5.41) is 11.2. The first kappa shape index (κ1) is 14.5. The minimum atomic E-state index is -1.04. The van der Waals surface area contributed by atoms with E-state index >= 15 is 0 Å². The first-order valence-electron chi connectivity index (χ1n) is 5.96. The minimum Gasteiger partial charge on any atom is -0.484 e. The van der Waals surface area contributed by atoms with Gasteiger partial charge in [-0.25, -0.2) is 8.78 Å². The van der Waals surface area contributed by atoms with Crippen molar-refractivity contribution in [1.29, 1.82) is 5.26 Å². The Morgan fingerprint density at radius 2 is 1.86 bits per heavy atom. The maximum Gasteiger partial charge on any atom is 0.262 e. The van der Waals surface area contributed by atoms with E-state index in [1.165, 1.54) is 6.07 Å². The van der Waals surface area contributed by atoms with Crippen LogP contribution in [0.25, 0.3) is 0 Å². The Balaban J connectivity index is 1.89. The fraction of sp³-hybridized carbons (Fsp3) is 0.0667. The van der Waals surface area contributed by atoms with Gasteiger partial charge in [-0.3, -0.25) is 4.79 Å². The molecule has 0 aliphatic heterocycles. The smallest absolute Gasteiger partial charge is 0.262 e. The molecule has 0 radical (unpaired) electrons. The average molecular weight is 288 g/mol. The molecule has 0 heterocycles. The van der Waals surface area contributed by atoms with Gasteiger partial charge >= 0.3 is 0 Å². The molecule has 1 amide bonds.